The van der Waals surface area contributed by atoms with E-state index in [9.17, 15) is 9.59 Å². The Morgan fingerprint density at radius 3 is 2.83 bits per heavy atom. The molecule has 126 valence electrons. The first kappa shape index (κ1) is 16.0. The normalized spacial score (nSPS) is 18.0. The van der Waals surface area contributed by atoms with Gasteiger partial charge < -0.3 is 16.0 Å². The third-order valence-electron chi connectivity index (χ3n) is 4.07. The van der Waals surface area contributed by atoms with Gasteiger partial charge in [-0.2, -0.15) is 5.10 Å². The minimum Gasteiger partial charge on any atom is -0.384 e. The minimum absolute atomic E-state index is 0.152. The summed E-state index contributed by atoms with van der Waals surface area (Å²) < 4.78 is 0. The number of carbonyl (C=O) groups is 1. The van der Waals surface area contributed by atoms with E-state index in [-0.39, 0.29) is 23.2 Å². The molecule has 1 saturated heterocycles. The number of H-pyrrole nitrogens is 1. The molecule has 1 aliphatic heterocycles. The van der Waals surface area contributed by atoms with E-state index in [0.29, 0.717) is 18.9 Å². The number of pyridine rings is 1. The highest BCUT2D eigenvalue weighted by Gasteiger charge is 2.22. The van der Waals surface area contributed by atoms with Crippen LogP contribution < -0.4 is 16.6 Å². The highest BCUT2D eigenvalue weighted by atomic mass is 16.2. The summed E-state index contributed by atoms with van der Waals surface area (Å²) in [6.45, 7) is 1.32. The molecule has 24 heavy (non-hydrogen) atoms. The lowest BCUT2D eigenvalue weighted by Gasteiger charge is -2.20. The Hall–Kier alpha value is -2.90. The Bertz CT molecular complexity index is 737. The summed E-state index contributed by atoms with van der Waals surface area (Å²) in [5.74, 6) is 0.340. The largest absolute Gasteiger partial charge is 0.384 e. The Kier molecular flexibility index (Phi) is 4.74. The maximum atomic E-state index is 12.5. The zero-order valence-electron chi connectivity index (χ0n) is 13.2. The Labute approximate surface area is 139 Å². The summed E-state index contributed by atoms with van der Waals surface area (Å²) in [5, 5.41) is 9.55. The van der Waals surface area contributed by atoms with Crippen molar-refractivity contribution < 1.29 is 4.79 Å². The second kappa shape index (κ2) is 7.12. The van der Waals surface area contributed by atoms with Crippen molar-refractivity contribution in [3.8, 4) is 0 Å². The van der Waals surface area contributed by atoms with Gasteiger partial charge in [0.05, 0.1) is 11.9 Å². The predicted octanol–water partition coefficient (Wildman–Crippen LogP) is 0.854. The molecule has 0 aliphatic carbocycles. The van der Waals surface area contributed by atoms with E-state index in [2.05, 4.69) is 20.5 Å². The standard InChI is InChI=1S/C16H20N6O2/c17-14-5-3-12(10-18-14)19-11-2-1-8-22(9-7-11)16(24)13-4-6-15(23)21-20-13/h3-6,10-11,19H,1-2,7-9H2,(H2,17,18)(H,21,23)/t11-/m1/s1. The number of hydrogen-bond donors (Lipinski definition) is 3. The second-order valence-electron chi connectivity index (χ2n) is 5.84. The van der Waals surface area contributed by atoms with Gasteiger partial charge in [0.1, 0.15) is 11.5 Å². The summed E-state index contributed by atoms with van der Waals surface area (Å²) in [6.07, 6.45) is 4.41. The van der Waals surface area contributed by atoms with Crippen LogP contribution in [-0.4, -0.2) is 45.1 Å². The lowest BCUT2D eigenvalue weighted by atomic mass is 10.1. The lowest BCUT2D eigenvalue weighted by molar-refractivity contribution is 0.0754. The van der Waals surface area contributed by atoms with Crippen molar-refractivity contribution in [2.45, 2.75) is 25.3 Å². The van der Waals surface area contributed by atoms with E-state index in [1.165, 1.54) is 12.1 Å². The monoisotopic (exact) mass is 328 g/mol. The van der Waals surface area contributed by atoms with E-state index in [0.717, 1.165) is 24.9 Å². The van der Waals surface area contributed by atoms with Gasteiger partial charge in [0, 0.05) is 25.2 Å². The third kappa shape index (κ3) is 3.89. The molecule has 0 spiro atoms. The summed E-state index contributed by atoms with van der Waals surface area (Å²) in [7, 11) is 0. The molecule has 0 aromatic carbocycles. The van der Waals surface area contributed by atoms with E-state index >= 15 is 0 Å². The maximum absolute atomic E-state index is 12.5. The van der Waals surface area contributed by atoms with E-state index in [4.69, 9.17) is 5.73 Å². The molecule has 8 heteroatoms. The summed E-state index contributed by atoms with van der Waals surface area (Å²) in [4.78, 5) is 29.4. The highest BCUT2D eigenvalue weighted by molar-refractivity contribution is 5.92. The van der Waals surface area contributed by atoms with Crippen molar-refractivity contribution in [1.82, 2.24) is 20.1 Å². The Balaban J connectivity index is 1.60. The molecule has 3 rings (SSSR count). The molecule has 1 atom stereocenters. The first-order valence-electron chi connectivity index (χ1n) is 7.95. The summed E-state index contributed by atoms with van der Waals surface area (Å²) in [5.41, 5.74) is 6.47. The zero-order chi connectivity index (χ0) is 16.9. The fourth-order valence-corrected chi connectivity index (χ4v) is 2.80. The number of likely N-dealkylation sites (tertiary alicyclic amines) is 1. The zero-order valence-corrected chi connectivity index (χ0v) is 13.2. The van der Waals surface area contributed by atoms with Crippen LogP contribution in [0.3, 0.4) is 0 Å². The molecule has 4 N–H and O–H groups in total. The third-order valence-corrected chi connectivity index (χ3v) is 4.07. The molecule has 0 unspecified atom stereocenters. The molecular weight excluding hydrogens is 308 g/mol. The van der Waals surface area contributed by atoms with E-state index in [1.807, 2.05) is 6.07 Å². The summed E-state index contributed by atoms with van der Waals surface area (Å²) >= 11 is 0. The van der Waals surface area contributed by atoms with Gasteiger partial charge in [0.15, 0.2) is 0 Å². The number of nitrogen functional groups attached to an aromatic ring is 1. The number of rotatable bonds is 3. The number of anilines is 2. The molecule has 0 radical (unpaired) electrons. The van der Waals surface area contributed by atoms with E-state index in [1.54, 1.807) is 17.2 Å². The van der Waals surface area contributed by atoms with Crippen molar-refractivity contribution in [2.24, 2.45) is 0 Å². The topological polar surface area (TPSA) is 117 Å². The number of nitrogens with two attached hydrogens (primary N) is 1. The number of carbonyl (C=O) groups excluding carboxylic acids is 1. The number of amides is 1. The highest BCUT2D eigenvalue weighted by Crippen LogP contribution is 2.18. The Morgan fingerprint density at radius 2 is 2.12 bits per heavy atom. The van der Waals surface area contributed by atoms with Crippen LogP contribution in [0.15, 0.2) is 35.3 Å². The van der Waals surface area contributed by atoms with Crippen LogP contribution in [0.5, 0.6) is 0 Å². The van der Waals surface area contributed by atoms with Crippen LogP contribution in [0.25, 0.3) is 0 Å². The smallest absolute Gasteiger partial charge is 0.274 e. The van der Waals surface area contributed by atoms with Crippen LogP contribution in [0.1, 0.15) is 29.8 Å². The molecule has 0 bridgehead atoms. The van der Waals surface area contributed by atoms with Gasteiger partial charge in [-0.25, -0.2) is 10.1 Å². The number of hydrogen-bond acceptors (Lipinski definition) is 6. The van der Waals surface area contributed by atoms with E-state index < -0.39 is 0 Å². The van der Waals surface area contributed by atoms with Crippen LogP contribution in [-0.2, 0) is 0 Å². The molecule has 3 heterocycles. The number of aromatic amines is 1. The maximum Gasteiger partial charge on any atom is 0.274 e. The van der Waals surface area contributed by atoms with Crippen molar-refractivity contribution in [3.63, 3.8) is 0 Å². The molecule has 8 nitrogen and oxygen atoms in total. The van der Waals surface area contributed by atoms with Gasteiger partial charge in [0.25, 0.3) is 11.5 Å². The molecule has 1 fully saturated rings. The van der Waals surface area contributed by atoms with Gasteiger partial charge in [-0.3, -0.25) is 9.59 Å². The minimum atomic E-state index is -0.316. The molecule has 2 aromatic rings. The molecular formula is C16H20N6O2. The van der Waals surface area contributed by atoms with Crippen LogP contribution in [0.4, 0.5) is 11.5 Å². The van der Waals surface area contributed by atoms with Gasteiger partial charge in [0.2, 0.25) is 0 Å². The van der Waals surface area contributed by atoms with Crippen molar-refractivity contribution in [3.05, 3.63) is 46.5 Å². The molecule has 1 aliphatic rings. The molecule has 1 amide bonds. The average Bonchev–Trinajstić information content (AvgIpc) is 2.83. The number of nitrogens with one attached hydrogen (secondary N) is 2. The fraction of sp³-hybridized carbons (Fsp3) is 0.375. The average molecular weight is 328 g/mol. The number of aromatic nitrogens is 3. The van der Waals surface area contributed by atoms with Crippen molar-refractivity contribution >= 4 is 17.4 Å². The number of nitrogens with zero attached hydrogens (tertiary/aromatic N) is 3. The molecule has 2 aromatic heterocycles. The van der Waals surface area contributed by atoms with Gasteiger partial charge in [-0.05, 0) is 37.5 Å². The van der Waals surface area contributed by atoms with Crippen molar-refractivity contribution in [2.75, 3.05) is 24.1 Å². The second-order valence-corrected chi connectivity index (χ2v) is 5.84. The predicted molar refractivity (Wildman–Crippen MR) is 90.7 cm³/mol. The van der Waals surface area contributed by atoms with Crippen LogP contribution in [0, 0.1) is 0 Å². The van der Waals surface area contributed by atoms with Gasteiger partial charge in [-0.15, -0.1) is 0 Å². The quantitative estimate of drug-likeness (QED) is 0.769. The summed E-state index contributed by atoms with van der Waals surface area (Å²) in [6, 6.07) is 6.71. The first-order chi connectivity index (χ1) is 11.6. The van der Waals surface area contributed by atoms with Crippen molar-refractivity contribution in [1.29, 1.82) is 0 Å². The van der Waals surface area contributed by atoms with Gasteiger partial charge in [-0.1, -0.05) is 0 Å². The SMILES string of the molecule is Nc1ccc(N[C@@H]2CCCN(C(=O)c3ccc(=O)[nH]n3)CC2)cn1. The lowest BCUT2D eigenvalue weighted by Crippen LogP contribution is -2.33. The molecule has 0 saturated carbocycles. The van der Waals surface area contributed by atoms with Crippen LogP contribution in [0.2, 0.25) is 0 Å². The fourth-order valence-electron chi connectivity index (χ4n) is 2.80. The van der Waals surface area contributed by atoms with Crippen LogP contribution >= 0.6 is 0 Å². The van der Waals surface area contributed by atoms with Gasteiger partial charge >= 0.3 is 0 Å². The Morgan fingerprint density at radius 1 is 1.25 bits per heavy atom. The first-order valence-corrected chi connectivity index (χ1v) is 7.95.